The summed E-state index contributed by atoms with van der Waals surface area (Å²) >= 11 is 6.16. The second-order valence-electron chi connectivity index (χ2n) is 10.2. The molecular weight excluding hydrogens is 573 g/mol. The fraction of sp³-hybridized carbons (Fsp3) is 0.481. The van der Waals surface area contributed by atoms with Gasteiger partial charge < -0.3 is 25.5 Å². The maximum absolute atomic E-state index is 15.0. The minimum absolute atomic E-state index is 0.0123. The number of nitrogens with zero attached hydrogens (tertiary/aromatic N) is 3. The molecule has 14 heteroatoms. The molecule has 3 amide bonds. The lowest BCUT2D eigenvalue weighted by molar-refractivity contribution is -0.138. The first kappa shape index (κ1) is 30.8. The summed E-state index contributed by atoms with van der Waals surface area (Å²) in [4.78, 5) is 30.3. The molecule has 2 fully saturated rings. The van der Waals surface area contributed by atoms with Crippen LogP contribution in [-0.4, -0.2) is 85.4 Å². The van der Waals surface area contributed by atoms with E-state index < -0.39 is 41.7 Å². The molecule has 2 aliphatic rings. The van der Waals surface area contributed by atoms with Crippen LogP contribution in [0.2, 0.25) is 5.02 Å². The number of nitrogens with one attached hydrogen (secondary N) is 2. The number of carbonyl (C=O) groups is 2. The smallest absolute Gasteiger partial charge is 0.390 e. The van der Waals surface area contributed by atoms with E-state index in [0.29, 0.717) is 56.4 Å². The minimum atomic E-state index is -4.24. The highest BCUT2D eigenvalue weighted by atomic mass is 35.5. The van der Waals surface area contributed by atoms with Gasteiger partial charge in [0.15, 0.2) is 11.6 Å². The molecular formula is C27H31ClF5N5O3. The van der Waals surface area contributed by atoms with E-state index in [1.54, 1.807) is 11.0 Å². The van der Waals surface area contributed by atoms with E-state index in [9.17, 15) is 36.6 Å². The van der Waals surface area contributed by atoms with Crippen molar-refractivity contribution in [1.82, 2.24) is 15.1 Å². The highest BCUT2D eigenvalue weighted by Gasteiger charge is 2.30. The maximum atomic E-state index is 15.0. The fourth-order valence-corrected chi connectivity index (χ4v) is 5.08. The van der Waals surface area contributed by atoms with Crippen LogP contribution >= 0.6 is 11.6 Å². The highest BCUT2D eigenvalue weighted by Crippen LogP contribution is 2.31. The lowest BCUT2D eigenvalue weighted by Gasteiger charge is -2.37. The molecule has 2 heterocycles. The Morgan fingerprint density at radius 2 is 1.76 bits per heavy atom. The molecule has 0 bridgehead atoms. The second-order valence-corrected chi connectivity index (χ2v) is 10.6. The van der Waals surface area contributed by atoms with Crippen molar-refractivity contribution in [3.8, 4) is 0 Å². The highest BCUT2D eigenvalue weighted by molar-refractivity contribution is 6.31. The summed E-state index contributed by atoms with van der Waals surface area (Å²) in [5.74, 6) is -3.55. The summed E-state index contributed by atoms with van der Waals surface area (Å²) in [6, 6.07) is 6.52. The van der Waals surface area contributed by atoms with Crippen LogP contribution in [-0.2, 0) is 6.54 Å². The first-order valence-corrected chi connectivity index (χ1v) is 13.6. The quantitative estimate of drug-likeness (QED) is 0.388. The van der Waals surface area contributed by atoms with Gasteiger partial charge >= 0.3 is 12.2 Å². The van der Waals surface area contributed by atoms with Gasteiger partial charge in [-0.15, -0.1) is 0 Å². The molecule has 0 saturated carbocycles. The van der Waals surface area contributed by atoms with E-state index in [1.807, 2.05) is 4.90 Å². The van der Waals surface area contributed by atoms with E-state index >= 15 is 0 Å². The van der Waals surface area contributed by atoms with Crippen molar-refractivity contribution < 1.29 is 36.6 Å². The summed E-state index contributed by atoms with van der Waals surface area (Å²) in [6.07, 6.45) is -4.48. The zero-order valence-electron chi connectivity index (χ0n) is 22.1. The van der Waals surface area contributed by atoms with Crippen LogP contribution in [0.5, 0.6) is 0 Å². The molecule has 41 heavy (non-hydrogen) atoms. The van der Waals surface area contributed by atoms with Crippen LogP contribution in [0.1, 0.15) is 28.8 Å². The van der Waals surface area contributed by atoms with Crippen LogP contribution in [0.25, 0.3) is 0 Å². The van der Waals surface area contributed by atoms with Crippen molar-refractivity contribution >= 4 is 34.9 Å². The predicted octanol–water partition coefficient (Wildman–Crippen LogP) is 4.47. The van der Waals surface area contributed by atoms with E-state index in [4.69, 9.17) is 11.6 Å². The average molecular weight is 604 g/mol. The van der Waals surface area contributed by atoms with Crippen LogP contribution in [0.15, 0.2) is 30.3 Å². The molecule has 224 valence electrons. The predicted molar refractivity (Wildman–Crippen MR) is 144 cm³/mol. The molecule has 0 radical (unpaired) electrons. The molecule has 0 aromatic heterocycles. The average Bonchev–Trinajstić information content (AvgIpc) is 3.43. The number of benzene rings is 2. The van der Waals surface area contributed by atoms with Crippen molar-refractivity contribution in [2.45, 2.75) is 25.6 Å². The number of hydrogen-bond acceptors (Lipinski definition) is 5. The van der Waals surface area contributed by atoms with Crippen LogP contribution < -0.4 is 15.5 Å². The van der Waals surface area contributed by atoms with Crippen molar-refractivity contribution in [2.24, 2.45) is 5.92 Å². The van der Waals surface area contributed by atoms with Gasteiger partial charge in [0.05, 0.1) is 23.4 Å². The number of likely N-dealkylation sites (tertiary alicyclic amines) is 1. The number of hydrogen-bond donors (Lipinski definition) is 3. The molecule has 2 aromatic rings. The third-order valence-corrected chi connectivity index (χ3v) is 7.54. The molecule has 1 atom stereocenters. The van der Waals surface area contributed by atoms with Crippen LogP contribution in [0.3, 0.4) is 0 Å². The summed E-state index contributed by atoms with van der Waals surface area (Å²) in [6.45, 7) is 1.88. The number of aliphatic hydroxyl groups is 1. The third kappa shape index (κ3) is 7.98. The van der Waals surface area contributed by atoms with E-state index in [2.05, 4.69) is 10.6 Å². The van der Waals surface area contributed by atoms with E-state index in [-0.39, 0.29) is 36.9 Å². The lowest BCUT2D eigenvalue weighted by Crippen LogP contribution is -2.47. The Morgan fingerprint density at radius 3 is 2.41 bits per heavy atom. The number of anilines is 2. The Labute approximate surface area is 239 Å². The maximum Gasteiger partial charge on any atom is 0.390 e. The number of carbonyl (C=O) groups excluding carboxylic acids is 2. The molecule has 0 aliphatic carbocycles. The van der Waals surface area contributed by atoms with E-state index in [0.717, 1.165) is 6.07 Å². The standard InChI is InChI=1S/C27H31ClF5N5O3/c28-19-2-4-21(22(13-19)37-11-9-36(10-12-37)8-6-27(31,32)33)35-25(40)20-3-1-18(23(29)24(20)30)14-34-26(41)38-7-5-17(15-38)16-39/h1-4,13,17,39H,5-12,14-16H2,(H,34,41)(H,35,40)/t17-/m1/s1. The van der Waals surface area contributed by atoms with Gasteiger partial charge in [-0.25, -0.2) is 13.6 Å². The molecule has 2 saturated heterocycles. The number of urea groups is 1. The van der Waals surface area contributed by atoms with Gasteiger partial charge in [0, 0.05) is 75.5 Å². The van der Waals surface area contributed by atoms with Crippen molar-refractivity contribution in [1.29, 1.82) is 0 Å². The largest absolute Gasteiger partial charge is 0.396 e. The Morgan fingerprint density at radius 1 is 1.02 bits per heavy atom. The van der Waals surface area contributed by atoms with Crippen molar-refractivity contribution in [3.63, 3.8) is 0 Å². The summed E-state index contributed by atoms with van der Waals surface area (Å²) in [5, 5.41) is 14.7. The molecule has 2 aromatic carbocycles. The number of aliphatic hydroxyl groups excluding tert-OH is 1. The summed E-state index contributed by atoms with van der Waals surface area (Å²) < 4.78 is 67.5. The van der Waals surface area contributed by atoms with Gasteiger partial charge in [0.25, 0.3) is 5.91 Å². The van der Waals surface area contributed by atoms with Gasteiger partial charge in [-0.2, -0.15) is 13.2 Å². The van der Waals surface area contributed by atoms with Crippen LogP contribution in [0.4, 0.5) is 38.1 Å². The molecule has 0 spiro atoms. The van der Waals surface area contributed by atoms with Crippen molar-refractivity contribution in [3.05, 3.63) is 58.1 Å². The van der Waals surface area contributed by atoms with Gasteiger partial charge in [0.1, 0.15) is 0 Å². The van der Waals surface area contributed by atoms with Gasteiger partial charge in [-0.05, 0) is 30.7 Å². The first-order valence-electron chi connectivity index (χ1n) is 13.2. The fourth-order valence-electron chi connectivity index (χ4n) is 4.91. The second kappa shape index (κ2) is 13.2. The van der Waals surface area contributed by atoms with Gasteiger partial charge in [-0.3, -0.25) is 9.69 Å². The third-order valence-electron chi connectivity index (χ3n) is 7.30. The summed E-state index contributed by atoms with van der Waals surface area (Å²) in [7, 11) is 0. The number of alkyl halides is 3. The zero-order valence-corrected chi connectivity index (χ0v) is 22.9. The minimum Gasteiger partial charge on any atom is -0.396 e. The first-order chi connectivity index (χ1) is 19.4. The van der Waals surface area contributed by atoms with Gasteiger partial charge in [-0.1, -0.05) is 17.7 Å². The van der Waals surface area contributed by atoms with Gasteiger partial charge in [0.2, 0.25) is 0 Å². The molecule has 3 N–H and O–H groups in total. The van der Waals surface area contributed by atoms with Crippen molar-refractivity contribution in [2.75, 3.05) is 62.6 Å². The molecule has 8 nitrogen and oxygen atoms in total. The zero-order chi connectivity index (χ0) is 29.7. The molecule has 2 aliphatic heterocycles. The summed E-state index contributed by atoms with van der Waals surface area (Å²) in [5.41, 5.74) is 0.111. The SMILES string of the molecule is O=C(Nc1ccc(Cl)cc1N1CCN(CCC(F)(F)F)CC1)c1ccc(CNC(=O)N2CC[C@@H](CO)C2)c(F)c1F. The Kier molecular flexibility index (Phi) is 9.92. The number of amides is 3. The Balaban J connectivity index is 1.39. The number of halogens is 6. The number of piperazine rings is 1. The molecule has 4 rings (SSSR count). The molecule has 0 unspecified atom stereocenters. The Bertz CT molecular complexity index is 1260. The monoisotopic (exact) mass is 603 g/mol. The number of rotatable bonds is 8. The normalized spacial score (nSPS) is 18.1. The lowest BCUT2D eigenvalue weighted by atomic mass is 10.1. The van der Waals surface area contributed by atoms with Crippen LogP contribution in [0, 0.1) is 17.6 Å². The topological polar surface area (TPSA) is 88.2 Å². The van der Waals surface area contributed by atoms with E-state index in [1.165, 1.54) is 23.1 Å². The Hall–Kier alpha value is -3.16.